The lowest BCUT2D eigenvalue weighted by Crippen LogP contribution is -2.14. The van der Waals surface area contributed by atoms with Gasteiger partial charge >= 0.3 is 0 Å². The summed E-state index contributed by atoms with van der Waals surface area (Å²) in [5, 5.41) is 3.33. The summed E-state index contributed by atoms with van der Waals surface area (Å²) >= 11 is 0. The molecule has 1 aliphatic heterocycles. The van der Waals surface area contributed by atoms with Gasteiger partial charge in [0.05, 0.1) is 6.61 Å². The van der Waals surface area contributed by atoms with Gasteiger partial charge in [-0.15, -0.1) is 6.58 Å². The Kier molecular flexibility index (Phi) is 5.04. The molecule has 70 valence electrons. The summed E-state index contributed by atoms with van der Waals surface area (Å²) in [7, 11) is 0. The number of hydrogen-bond donors (Lipinski definition) is 1. The summed E-state index contributed by atoms with van der Waals surface area (Å²) < 4.78 is 5.53. The van der Waals surface area contributed by atoms with Gasteiger partial charge in [-0.3, -0.25) is 0 Å². The molecule has 0 bridgehead atoms. The van der Waals surface area contributed by atoms with Gasteiger partial charge in [-0.25, -0.2) is 0 Å². The molecule has 0 aliphatic carbocycles. The van der Waals surface area contributed by atoms with Crippen molar-refractivity contribution in [3.05, 3.63) is 12.7 Å². The number of ether oxygens (including phenoxy) is 1. The van der Waals surface area contributed by atoms with Crippen LogP contribution in [0, 0.1) is 5.92 Å². The van der Waals surface area contributed by atoms with Gasteiger partial charge in [-0.1, -0.05) is 6.08 Å². The first-order valence-electron chi connectivity index (χ1n) is 4.83. The van der Waals surface area contributed by atoms with Gasteiger partial charge in [0.1, 0.15) is 0 Å². The molecular weight excluding hydrogens is 150 g/mol. The summed E-state index contributed by atoms with van der Waals surface area (Å²) in [6, 6.07) is 0. The van der Waals surface area contributed by atoms with Crippen molar-refractivity contribution in [3.63, 3.8) is 0 Å². The van der Waals surface area contributed by atoms with Crippen molar-refractivity contribution in [2.75, 3.05) is 26.3 Å². The van der Waals surface area contributed by atoms with E-state index in [1.165, 1.54) is 13.0 Å². The molecule has 0 saturated carbocycles. The molecule has 12 heavy (non-hydrogen) atoms. The van der Waals surface area contributed by atoms with Crippen molar-refractivity contribution < 1.29 is 4.74 Å². The summed E-state index contributed by atoms with van der Waals surface area (Å²) in [6.07, 6.45) is 5.41. The van der Waals surface area contributed by atoms with Gasteiger partial charge in [-0.05, 0) is 31.7 Å². The zero-order chi connectivity index (χ0) is 8.65. The third-order valence-corrected chi connectivity index (χ3v) is 2.21. The van der Waals surface area contributed by atoms with Gasteiger partial charge in [0.2, 0.25) is 0 Å². The number of unbranched alkanes of at least 4 members (excludes halogenated alkanes) is 1. The molecular formula is C10H19NO. The topological polar surface area (TPSA) is 21.3 Å². The van der Waals surface area contributed by atoms with Crippen LogP contribution in [0.4, 0.5) is 0 Å². The average Bonchev–Trinajstić information content (AvgIpc) is 2.57. The van der Waals surface area contributed by atoms with Crippen molar-refractivity contribution in [1.82, 2.24) is 5.32 Å². The fourth-order valence-corrected chi connectivity index (χ4v) is 1.44. The van der Waals surface area contributed by atoms with Gasteiger partial charge in [0.25, 0.3) is 0 Å². The van der Waals surface area contributed by atoms with Crippen LogP contribution in [-0.2, 0) is 4.74 Å². The second-order valence-corrected chi connectivity index (χ2v) is 3.36. The number of rotatable bonds is 6. The fourth-order valence-electron chi connectivity index (χ4n) is 1.44. The Balaban J connectivity index is 1.84. The molecule has 1 atom stereocenters. The lowest BCUT2D eigenvalue weighted by molar-refractivity contribution is 0.104. The highest BCUT2D eigenvalue weighted by Crippen LogP contribution is 2.07. The van der Waals surface area contributed by atoms with Gasteiger partial charge in [0, 0.05) is 13.2 Å². The molecule has 1 fully saturated rings. The SMILES string of the molecule is C=CCCCOC[C@@H]1CCNC1. The highest BCUT2D eigenvalue weighted by molar-refractivity contribution is 4.70. The molecule has 0 aromatic heterocycles. The van der Waals surface area contributed by atoms with Crippen LogP contribution in [0.1, 0.15) is 19.3 Å². The van der Waals surface area contributed by atoms with Crippen molar-refractivity contribution in [1.29, 1.82) is 0 Å². The third-order valence-electron chi connectivity index (χ3n) is 2.21. The quantitative estimate of drug-likeness (QED) is 0.481. The maximum atomic E-state index is 5.53. The zero-order valence-corrected chi connectivity index (χ0v) is 7.72. The van der Waals surface area contributed by atoms with E-state index in [9.17, 15) is 0 Å². The van der Waals surface area contributed by atoms with Crippen LogP contribution in [-0.4, -0.2) is 26.3 Å². The molecule has 1 N–H and O–H groups in total. The Morgan fingerprint density at radius 1 is 1.58 bits per heavy atom. The van der Waals surface area contributed by atoms with E-state index in [0.717, 1.165) is 38.5 Å². The highest BCUT2D eigenvalue weighted by atomic mass is 16.5. The van der Waals surface area contributed by atoms with Crippen LogP contribution < -0.4 is 5.32 Å². The van der Waals surface area contributed by atoms with E-state index in [0.29, 0.717) is 0 Å². The van der Waals surface area contributed by atoms with E-state index < -0.39 is 0 Å². The first-order chi connectivity index (χ1) is 5.93. The lowest BCUT2D eigenvalue weighted by atomic mass is 10.1. The van der Waals surface area contributed by atoms with E-state index in [1.54, 1.807) is 0 Å². The smallest absolute Gasteiger partial charge is 0.0506 e. The third kappa shape index (κ3) is 3.88. The molecule has 1 rings (SSSR count). The molecule has 1 aliphatic rings. The van der Waals surface area contributed by atoms with Crippen LogP contribution in [0.15, 0.2) is 12.7 Å². The van der Waals surface area contributed by atoms with Crippen LogP contribution >= 0.6 is 0 Å². The second kappa shape index (κ2) is 6.21. The van der Waals surface area contributed by atoms with Crippen LogP contribution in [0.25, 0.3) is 0 Å². The minimum atomic E-state index is 0.758. The first kappa shape index (κ1) is 9.75. The molecule has 2 nitrogen and oxygen atoms in total. The predicted octanol–water partition coefficient (Wildman–Crippen LogP) is 1.58. The summed E-state index contributed by atoms with van der Waals surface area (Å²) in [4.78, 5) is 0. The maximum absolute atomic E-state index is 5.53. The Morgan fingerprint density at radius 3 is 3.17 bits per heavy atom. The van der Waals surface area contributed by atoms with E-state index in [2.05, 4.69) is 11.9 Å². The summed E-state index contributed by atoms with van der Waals surface area (Å²) in [5.41, 5.74) is 0. The second-order valence-electron chi connectivity index (χ2n) is 3.36. The molecule has 1 saturated heterocycles. The van der Waals surface area contributed by atoms with E-state index in [4.69, 9.17) is 4.74 Å². The van der Waals surface area contributed by atoms with Crippen LogP contribution in [0.5, 0.6) is 0 Å². The standard InChI is InChI=1S/C10H19NO/c1-2-3-4-7-12-9-10-5-6-11-8-10/h2,10-11H,1,3-9H2/t10-/m1/s1. The van der Waals surface area contributed by atoms with E-state index >= 15 is 0 Å². The minimum absolute atomic E-state index is 0.758. The van der Waals surface area contributed by atoms with Crippen molar-refractivity contribution in [3.8, 4) is 0 Å². The molecule has 1 heterocycles. The summed E-state index contributed by atoms with van der Waals surface area (Å²) in [5.74, 6) is 0.758. The largest absolute Gasteiger partial charge is 0.381 e. The molecule has 0 unspecified atom stereocenters. The average molecular weight is 169 g/mol. The normalized spacial score (nSPS) is 22.8. The molecule has 0 aromatic carbocycles. The molecule has 0 aromatic rings. The molecule has 0 radical (unpaired) electrons. The summed E-state index contributed by atoms with van der Waals surface area (Å²) in [6.45, 7) is 7.80. The first-order valence-corrected chi connectivity index (χ1v) is 4.83. The van der Waals surface area contributed by atoms with Crippen LogP contribution in [0.3, 0.4) is 0 Å². The lowest BCUT2D eigenvalue weighted by Gasteiger charge is -2.08. The Labute approximate surface area is 75.0 Å². The molecule has 0 spiro atoms. The fraction of sp³-hybridized carbons (Fsp3) is 0.800. The van der Waals surface area contributed by atoms with E-state index in [-0.39, 0.29) is 0 Å². The van der Waals surface area contributed by atoms with E-state index in [1.807, 2.05) is 6.08 Å². The van der Waals surface area contributed by atoms with Crippen molar-refractivity contribution in [2.24, 2.45) is 5.92 Å². The molecule has 2 heteroatoms. The van der Waals surface area contributed by atoms with Crippen LogP contribution in [0.2, 0.25) is 0 Å². The molecule has 0 amide bonds. The Morgan fingerprint density at radius 2 is 2.50 bits per heavy atom. The Bertz CT molecular complexity index is 119. The number of allylic oxidation sites excluding steroid dienone is 1. The monoisotopic (exact) mass is 169 g/mol. The highest BCUT2D eigenvalue weighted by Gasteiger charge is 2.13. The number of hydrogen-bond acceptors (Lipinski definition) is 2. The van der Waals surface area contributed by atoms with Gasteiger partial charge in [0.15, 0.2) is 0 Å². The zero-order valence-electron chi connectivity index (χ0n) is 7.72. The Hall–Kier alpha value is -0.340. The number of nitrogens with one attached hydrogen (secondary N) is 1. The van der Waals surface area contributed by atoms with Gasteiger partial charge < -0.3 is 10.1 Å². The van der Waals surface area contributed by atoms with Crippen molar-refractivity contribution >= 4 is 0 Å². The van der Waals surface area contributed by atoms with Gasteiger partial charge in [-0.2, -0.15) is 0 Å². The minimum Gasteiger partial charge on any atom is -0.381 e. The maximum Gasteiger partial charge on any atom is 0.0506 e. The predicted molar refractivity (Wildman–Crippen MR) is 51.2 cm³/mol. The van der Waals surface area contributed by atoms with Crippen molar-refractivity contribution in [2.45, 2.75) is 19.3 Å².